The number of aliphatic hydroxyl groups excluding tert-OH is 1. The molecule has 4 rings (SSSR count). The highest BCUT2D eigenvalue weighted by Crippen LogP contribution is 2.61. The molecule has 8 nitrogen and oxygen atoms in total. The average molecular weight is 388 g/mol. The molecule has 0 amide bonds. The summed E-state index contributed by atoms with van der Waals surface area (Å²) in [7, 11) is 1.14. The Bertz CT molecular complexity index is 1060. The van der Waals surface area contributed by atoms with E-state index in [1.807, 2.05) is 0 Å². The maximum absolute atomic E-state index is 13.3. The molecule has 0 spiro atoms. The van der Waals surface area contributed by atoms with E-state index in [1.54, 1.807) is 20.8 Å². The topological polar surface area (TPSA) is 134 Å². The fourth-order valence-electron chi connectivity index (χ4n) is 4.42. The molecular formula is C20H20O8. The fraction of sp³-hybridized carbons (Fsp3) is 0.400. The summed E-state index contributed by atoms with van der Waals surface area (Å²) in [5.74, 6) is -6.78. The number of fused-ring (bicyclic) bond motifs is 1. The number of phenolic OH excluding ortho intramolecular Hbond substituents is 2. The van der Waals surface area contributed by atoms with E-state index in [4.69, 9.17) is 9.47 Å². The van der Waals surface area contributed by atoms with Gasteiger partial charge in [0.05, 0.1) is 24.3 Å². The molecule has 2 unspecified atom stereocenters. The number of carbonyl (C=O) groups is 2. The molecule has 0 bridgehead atoms. The van der Waals surface area contributed by atoms with Crippen LogP contribution in [0.3, 0.4) is 0 Å². The van der Waals surface area contributed by atoms with Crippen molar-refractivity contribution in [2.75, 3.05) is 7.11 Å². The smallest absolute Gasteiger partial charge is 0.256 e. The molecule has 1 aromatic carbocycles. The first kappa shape index (κ1) is 18.5. The van der Waals surface area contributed by atoms with E-state index in [1.165, 1.54) is 6.92 Å². The molecule has 0 aromatic heterocycles. The SMILES string of the molecule is COc1c(O)c2c3c(c1O)C(=O)C1(O)OC(C)C(C)(C)C1=C3C(C)=C(O)C2=O. The highest BCUT2D eigenvalue weighted by Gasteiger charge is 2.63. The van der Waals surface area contributed by atoms with Gasteiger partial charge in [0.2, 0.25) is 17.3 Å². The van der Waals surface area contributed by atoms with Crippen molar-refractivity contribution in [3.8, 4) is 17.2 Å². The number of rotatable bonds is 1. The second kappa shape index (κ2) is 5.15. The van der Waals surface area contributed by atoms with E-state index >= 15 is 0 Å². The monoisotopic (exact) mass is 388 g/mol. The Morgan fingerprint density at radius 3 is 2.18 bits per heavy atom. The number of ketones is 2. The molecule has 1 aliphatic heterocycles. The Morgan fingerprint density at radius 1 is 1.04 bits per heavy atom. The Hall–Kier alpha value is -2.84. The summed E-state index contributed by atoms with van der Waals surface area (Å²) in [6.45, 7) is 6.68. The second-order valence-electron chi connectivity index (χ2n) is 7.86. The Kier molecular flexibility index (Phi) is 3.41. The number of hydrogen-bond acceptors (Lipinski definition) is 8. The first-order chi connectivity index (χ1) is 12.9. The predicted octanol–water partition coefficient (Wildman–Crippen LogP) is 2.22. The summed E-state index contributed by atoms with van der Waals surface area (Å²) in [6, 6.07) is 0. The van der Waals surface area contributed by atoms with Crippen molar-refractivity contribution in [3.05, 3.63) is 33.6 Å². The summed E-state index contributed by atoms with van der Waals surface area (Å²) in [6.07, 6.45) is -0.591. The Labute approximate surface area is 160 Å². The van der Waals surface area contributed by atoms with Gasteiger partial charge in [-0.3, -0.25) is 9.59 Å². The van der Waals surface area contributed by atoms with Gasteiger partial charge in [-0.2, -0.15) is 0 Å². The van der Waals surface area contributed by atoms with Crippen molar-refractivity contribution in [3.63, 3.8) is 0 Å². The lowest BCUT2D eigenvalue weighted by Gasteiger charge is -2.37. The van der Waals surface area contributed by atoms with Crippen LogP contribution in [-0.4, -0.2) is 51.0 Å². The molecule has 0 saturated carbocycles. The zero-order valence-corrected chi connectivity index (χ0v) is 16.0. The minimum atomic E-state index is -2.39. The summed E-state index contributed by atoms with van der Waals surface area (Å²) in [5.41, 5.74) is -1.14. The molecule has 1 heterocycles. The summed E-state index contributed by atoms with van der Waals surface area (Å²) in [4.78, 5) is 26.0. The maximum Gasteiger partial charge on any atom is 0.256 e. The molecule has 2 aliphatic carbocycles. The third-order valence-corrected chi connectivity index (χ3v) is 6.16. The zero-order valence-electron chi connectivity index (χ0n) is 16.0. The number of phenols is 2. The number of allylic oxidation sites excluding steroid dienone is 3. The lowest BCUT2D eigenvalue weighted by molar-refractivity contribution is -0.139. The first-order valence-electron chi connectivity index (χ1n) is 8.72. The van der Waals surface area contributed by atoms with Crippen LogP contribution in [0.25, 0.3) is 5.57 Å². The minimum absolute atomic E-state index is 0.0356. The summed E-state index contributed by atoms with van der Waals surface area (Å²) in [5, 5.41) is 42.9. The van der Waals surface area contributed by atoms with Crippen LogP contribution in [0.15, 0.2) is 16.9 Å². The second-order valence-corrected chi connectivity index (χ2v) is 7.86. The molecule has 1 saturated heterocycles. The average Bonchev–Trinajstić information content (AvgIpc) is 2.80. The summed E-state index contributed by atoms with van der Waals surface area (Å²) < 4.78 is 10.6. The lowest BCUT2D eigenvalue weighted by atomic mass is 9.65. The zero-order chi connectivity index (χ0) is 20.9. The van der Waals surface area contributed by atoms with Gasteiger partial charge in [0, 0.05) is 22.1 Å². The van der Waals surface area contributed by atoms with Crippen LogP contribution in [0.4, 0.5) is 0 Å². The van der Waals surface area contributed by atoms with E-state index < -0.39 is 57.4 Å². The molecule has 1 aromatic rings. The number of benzene rings is 1. The highest BCUT2D eigenvalue weighted by molar-refractivity contribution is 6.25. The molecule has 1 fully saturated rings. The molecule has 0 radical (unpaired) electrons. The van der Waals surface area contributed by atoms with Gasteiger partial charge >= 0.3 is 0 Å². The molecule has 2 atom stereocenters. The number of carbonyl (C=O) groups excluding carboxylic acids is 2. The van der Waals surface area contributed by atoms with E-state index in [9.17, 15) is 30.0 Å². The van der Waals surface area contributed by atoms with Crippen molar-refractivity contribution in [2.24, 2.45) is 5.41 Å². The fourth-order valence-corrected chi connectivity index (χ4v) is 4.42. The van der Waals surface area contributed by atoms with Crippen molar-refractivity contribution in [2.45, 2.75) is 39.6 Å². The quantitative estimate of drug-likeness (QED) is 0.575. The summed E-state index contributed by atoms with van der Waals surface area (Å²) >= 11 is 0. The van der Waals surface area contributed by atoms with E-state index in [-0.39, 0.29) is 27.8 Å². The number of hydrogen-bond donors (Lipinski definition) is 4. The normalized spacial score (nSPS) is 27.9. The molecular weight excluding hydrogens is 368 g/mol. The largest absolute Gasteiger partial charge is 0.504 e. The van der Waals surface area contributed by atoms with Crippen LogP contribution in [0.1, 0.15) is 54.0 Å². The molecule has 4 N–H and O–H groups in total. The van der Waals surface area contributed by atoms with Crippen LogP contribution in [0.5, 0.6) is 17.2 Å². The third kappa shape index (κ3) is 1.77. The molecule has 28 heavy (non-hydrogen) atoms. The van der Waals surface area contributed by atoms with Gasteiger partial charge in [-0.25, -0.2) is 0 Å². The van der Waals surface area contributed by atoms with Crippen LogP contribution in [0.2, 0.25) is 0 Å². The van der Waals surface area contributed by atoms with Crippen molar-refractivity contribution in [1.29, 1.82) is 0 Å². The standard InChI is InChI=1S/C20H20O8/c1-6-8-9-10(13(22)12(6)21)14(23)16(27-5)15(24)11(9)18(25)20(26)17(8)19(3,4)7(2)28-20/h7,21,23-24,26H,1-5H3. The molecule has 8 heteroatoms. The third-order valence-electron chi connectivity index (χ3n) is 6.16. The van der Waals surface area contributed by atoms with Gasteiger partial charge in [0.15, 0.2) is 17.3 Å². The van der Waals surface area contributed by atoms with Gasteiger partial charge in [0.25, 0.3) is 5.79 Å². The van der Waals surface area contributed by atoms with E-state index in [2.05, 4.69) is 0 Å². The van der Waals surface area contributed by atoms with Gasteiger partial charge in [-0.1, -0.05) is 13.8 Å². The number of ether oxygens (including phenoxy) is 2. The minimum Gasteiger partial charge on any atom is -0.504 e. The lowest BCUT2D eigenvalue weighted by Crippen LogP contribution is -2.45. The molecule has 148 valence electrons. The van der Waals surface area contributed by atoms with Crippen LogP contribution >= 0.6 is 0 Å². The Morgan fingerprint density at radius 2 is 1.61 bits per heavy atom. The van der Waals surface area contributed by atoms with Crippen LogP contribution in [0, 0.1) is 5.41 Å². The molecule has 3 aliphatic rings. The first-order valence-corrected chi connectivity index (χ1v) is 8.72. The van der Waals surface area contributed by atoms with Gasteiger partial charge in [0.1, 0.15) is 0 Å². The van der Waals surface area contributed by atoms with Crippen LogP contribution < -0.4 is 4.74 Å². The van der Waals surface area contributed by atoms with E-state index in [0.29, 0.717) is 0 Å². The van der Waals surface area contributed by atoms with E-state index in [0.717, 1.165) is 7.11 Å². The van der Waals surface area contributed by atoms with Crippen molar-refractivity contribution >= 4 is 17.1 Å². The predicted molar refractivity (Wildman–Crippen MR) is 96.5 cm³/mol. The maximum atomic E-state index is 13.3. The number of methoxy groups -OCH3 is 1. The number of aliphatic hydroxyl groups is 2. The van der Waals surface area contributed by atoms with Crippen molar-refractivity contribution in [1.82, 2.24) is 0 Å². The van der Waals surface area contributed by atoms with Crippen molar-refractivity contribution < 1.29 is 39.5 Å². The van der Waals surface area contributed by atoms with Crippen LogP contribution in [-0.2, 0) is 4.74 Å². The van der Waals surface area contributed by atoms with Gasteiger partial charge < -0.3 is 29.9 Å². The Balaban J connectivity index is 2.30. The number of Topliss-reactive ketones (excluding diaryl/α,β-unsaturated/α-hetero) is 2. The number of aromatic hydroxyl groups is 2. The van der Waals surface area contributed by atoms with Gasteiger partial charge in [-0.05, 0) is 19.4 Å². The highest BCUT2D eigenvalue weighted by atomic mass is 16.6. The van der Waals surface area contributed by atoms with Gasteiger partial charge in [-0.15, -0.1) is 0 Å².